The van der Waals surface area contributed by atoms with Crippen molar-refractivity contribution in [3.8, 4) is 0 Å². The molecular weight excluding hydrogens is 347 g/mol. The molecule has 1 fully saturated rings. The van der Waals surface area contributed by atoms with Crippen LogP contribution in [0, 0.1) is 11.7 Å². The zero-order chi connectivity index (χ0) is 19.4. The molecule has 2 aromatic carbocycles. The van der Waals surface area contributed by atoms with E-state index in [1.54, 1.807) is 41.3 Å². The summed E-state index contributed by atoms with van der Waals surface area (Å²) in [6.45, 7) is 2.31. The number of Topliss-reactive ketones (excluding diaryl/α,β-unsaturated/α-hetero) is 1. The van der Waals surface area contributed by atoms with E-state index in [1.165, 1.54) is 19.1 Å². The van der Waals surface area contributed by atoms with Crippen molar-refractivity contribution in [2.75, 3.05) is 18.4 Å². The van der Waals surface area contributed by atoms with E-state index in [9.17, 15) is 18.8 Å². The lowest BCUT2D eigenvalue weighted by Crippen LogP contribution is -2.41. The Morgan fingerprint density at radius 2 is 1.63 bits per heavy atom. The van der Waals surface area contributed by atoms with Gasteiger partial charge in [0.05, 0.1) is 5.56 Å². The van der Waals surface area contributed by atoms with E-state index >= 15 is 0 Å². The van der Waals surface area contributed by atoms with Crippen molar-refractivity contribution in [2.45, 2.75) is 19.8 Å². The molecule has 1 N–H and O–H groups in total. The summed E-state index contributed by atoms with van der Waals surface area (Å²) in [5.74, 6) is -1.21. The van der Waals surface area contributed by atoms with Crippen LogP contribution in [0.25, 0.3) is 0 Å². The van der Waals surface area contributed by atoms with Crippen molar-refractivity contribution in [1.82, 2.24) is 4.90 Å². The van der Waals surface area contributed by atoms with Crippen LogP contribution in [-0.2, 0) is 4.79 Å². The second-order valence-corrected chi connectivity index (χ2v) is 6.67. The van der Waals surface area contributed by atoms with Gasteiger partial charge in [0.15, 0.2) is 5.78 Å². The number of ketones is 1. The summed E-state index contributed by atoms with van der Waals surface area (Å²) in [6.07, 6.45) is 1.05. The molecule has 0 radical (unpaired) electrons. The molecule has 5 nitrogen and oxygen atoms in total. The van der Waals surface area contributed by atoms with Gasteiger partial charge in [0.25, 0.3) is 5.91 Å². The Bertz CT molecular complexity index is 856. The molecule has 140 valence electrons. The van der Waals surface area contributed by atoms with Gasteiger partial charge in [0, 0.05) is 30.3 Å². The van der Waals surface area contributed by atoms with Gasteiger partial charge in [-0.15, -0.1) is 0 Å². The molecule has 0 bridgehead atoms. The van der Waals surface area contributed by atoms with Crippen molar-refractivity contribution in [3.05, 3.63) is 65.5 Å². The van der Waals surface area contributed by atoms with Gasteiger partial charge in [0.2, 0.25) is 5.91 Å². The quantitative estimate of drug-likeness (QED) is 0.840. The average molecular weight is 368 g/mol. The van der Waals surface area contributed by atoms with E-state index in [-0.39, 0.29) is 29.1 Å². The molecule has 0 aromatic heterocycles. The van der Waals surface area contributed by atoms with Crippen LogP contribution in [0.1, 0.15) is 40.5 Å². The number of anilines is 1. The fourth-order valence-corrected chi connectivity index (χ4v) is 3.18. The highest BCUT2D eigenvalue weighted by molar-refractivity contribution is 5.97. The zero-order valence-electron chi connectivity index (χ0n) is 15.1. The maximum absolute atomic E-state index is 13.8. The number of carbonyl (C=O) groups is 3. The van der Waals surface area contributed by atoms with Gasteiger partial charge < -0.3 is 10.2 Å². The van der Waals surface area contributed by atoms with Gasteiger partial charge in [-0.2, -0.15) is 0 Å². The summed E-state index contributed by atoms with van der Waals surface area (Å²) in [7, 11) is 0. The number of hydrogen-bond donors (Lipinski definition) is 1. The molecule has 0 aliphatic carbocycles. The van der Waals surface area contributed by atoms with Gasteiger partial charge in [-0.25, -0.2) is 4.39 Å². The molecule has 3 rings (SSSR count). The highest BCUT2D eigenvalue weighted by Gasteiger charge is 2.28. The van der Waals surface area contributed by atoms with Crippen LogP contribution in [0.15, 0.2) is 48.5 Å². The highest BCUT2D eigenvalue weighted by atomic mass is 19.1. The summed E-state index contributed by atoms with van der Waals surface area (Å²) in [5.41, 5.74) is 1.29. The first kappa shape index (κ1) is 18.8. The monoisotopic (exact) mass is 368 g/mol. The van der Waals surface area contributed by atoms with Crippen LogP contribution < -0.4 is 5.32 Å². The smallest absolute Gasteiger partial charge is 0.256 e. The first-order chi connectivity index (χ1) is 13.0. The largest absolute Gasteiger partial charge is 0.339 e. The van der Waals surface area contributed by atoms with E-state index < -0.39 is 5.82 Å². The van der Waals surface area contributed by atoms with Gasteiger partial charge in [0.1, 0.15) is 5.82 Å². The topological polar surface area (TPSA) is 66.5 Å². The maximum atomic E-state index is 13.8. The van der Waals surface area contributed by atoms with Crippen molar-refractivity contribution in [3.63, 3.8) is 0 Å². The maximum Gasteiger partial charge on any atom is 0.256 e. The number of nitrogens with zero attached hydrogens (tertiary/aromatic N) is 1. The second kappa shape index (κ2) is 8.12. The van der Waals surface area contributed by atoms with Crippen LogP contribution in [0.4, 0.5) is 10.1 Å². The third-order valence-corrected chi connectivity index (χ3v) is 4.82. The van der Waals surface area contributed by atoms with Crippen LogP contribution in [0.5, 0.6) is 0 Å². The Labute approximate surface area is 157 Å². The second-order valence-electron chi connectivity index (χ2n) is 6.67. The van der Waals surface area contributed by atoms with Gasteiger partial charge in [-0.05, 0) is 56.2 Å². The van der Waals surface area contributed by atoms with Crippen LogP contribution in [0.3, 0.4) is 0 Å². The predicted molar refractivity (Wildman–Crippen MR) is 100 cm³/mol. The van der Waals surface area contributed by atoms with Gasteiger partial charge >= 0.3 is 0 Å². The molecule has 1 saturated heterocycles. The third-order valence-electron chi connectivity index (χ3n) is 4.82. The number of carbonyl (C=O) groups excluding carboxylic acids is 3. The Kier molecular flexibility index (Phi) is 5.64. The molecule has 0 spiro atoms. The van der Waals surface area contributed by atoms with Crippen LogP contribution in [0.2, 0.25) is 0 Å². The Balaban J connectivity index is 1.55. The first-order valence-corrected chi connectivity index (χ1v) is 8.91. The summed E-state index contributed by atoms with van der Waals surface area (Å²) in [4.78, 5) is 37.8. The number of nitrogens with one attached hydrogen (secondary N) is 1. The summed E-state index contributed by atoms with van der Waals surface area (Å²) >= 11 is 0. The molecule has 27 heavy (non-hydrogen) atoms. The Hall–Kier alpha value is -3.02. The Morgan fingerprint density at radius 3 is 2.22 bits per heavy atom. The lowest BCUT2D eigenvalue weighted by Gasteiger charge is -2.31. The number of rotatable bonds is 4. The minimum atomic E-state index is -0.531. The van der Waals surface area contributed by atoms with E-state index in [4.69, 9.17) is 0 Å². The summed E-state index contributed by atoms with van der Waals surface area (Å²) in [5, 5.41) is 2.85. The molecule has 6 heteroatoms. The fourth-order valence-electron chi connectivity index (χ4n) is 3.18. The third kappa shape index (κ3) is 4.39. The molecule has 1 heterocycles. The zero-order valence-corrected chi connectivity index (χ0v) is 15.1. The molecule has 0 saturated carbocycles. The van der Waals surface area contributed by atoms with Crippen LogP contribution in [-0.4, -0.2) is 35.6 Å². The number of halogens is 1. The van der Waals surface area contributed by atoms with E-state index in [0.29, 0.717) is 37.2 Å². The minimum absolute atomic E-state index is 0.0280. The van der Waals surface area contributed by atoms with Crippen molar-refractivity contribution in [2.24, 2.45) is 5.92 Å². The number of benzene rings is 2. The molecule has 2 amide bonds. The summed E-state index contributed by atoms with van der Waals surface area (Å²) in [6, 6.07) is 12.7. The molecule has 2 aromatic rings. The minimum Gasteiger partial charge on any atom is -0.339 e. The normalized spacial score (nSPS) is 14.7. The summed E-state index contributed by atoms with van der Waals surface area (Å²) < 4.78 is 13.8. The molecule has 0 unspecified atom stereocenters. The predicted octanol–water partition coefficient (Wildman–Crippen LogP) is 3.52. The average Bonchev–Trinajstić information content (AvgIpc) is 2.68. The molecular formula is C21H21FN2O3. The van der Waals surface area contributed by atoms with Crippen molar-refractivity contribution < 1.29 is 18.8 Å². The number of hydrogen-bond acceptors (Lipinski definition) is 3. The van der Waals surface area contributed by atoms with Crippen molar-refractivity contribution in [1.29, 1.82) is 0 Å². The van der Waals surface area contributed by atoms with Crippen molar-refractivity contribution >= 4 is 23.3 Å². The highest BCUT2D eigenvalue weighted by Crippen LogP contribution is 2.22. The van der Waals surface area contributed by atoms with E-state index in [2.05, 4.69) is 5.32 Å². The SMILES string of the molecule is CC(=O)c1ccc(NC(=O)C2CCN(C(=O)c3ccccc3F)CC2)cc1. The van der Waals surface area contributed by atoms with E-state index in [0.717, 1.165) is 0 Å². The standard InChI is InChI=1S/C21H21FN2O3/c1-14(25)15-6-8-17(9-7-15)23-20(26)16-10-12-24(13-11-16)21(27)18-4-2-3-5-19(18)22/h2-9,16H,10-13H2,1H3,(H,23,26). The lowest BCUT2D eigenvalue weighted by atomic mass is 9.95. The number of piperidine rings is 1. The molecule has 1 aliphatic heterocycles. The molecule has 1 aliphatic rings. The Morgan fingerprint density at radius 1 is 1.00 bits per heavy atom. The lowest BCUT2D eigenvalue weighted by molar-refractivity contribution is -0.121. The van der Waals surface area contributed by atoms with Gasteiger partial charge in [-0.3, -0.25) is 14.4 Å². The van der Waals surface area contributed by atoms with Gasteiger partial charge in [-0.1, -0.05) is 12.1 Å². The van der Waals surface area contributed by atoms with E-state index in [1.807, 2.05) is 0 Å². The molecule has 0 atom stereocenters. The first-order valence-electron chi connectivity index (χ1n) is 8.91. The van der Waals surface area contributed by atoms with Crippen LogP contribution >= 0.6 is 0 Å². The number of likely N-dealkylation sites (tertiary alicyclic amines) is 1. The fraction of sp³-hybridized carbons (Fsp3) is 0.286. The number of amides is 2.